The van der Waals surface area contributed by atoms with Crippen LogP contribution in [-0.4, -0.2) is 32.1 Å². The van der Waals surface area contributed by atoms with Crippen molar-refractivity contribution in [1.29, 1.82) is 0 Å². The van der Waals surface area contributed by atoms with E-state index in [9.17, 15) is 4.79 Å². The number of ether oxygens (including phenoxy) is 1. The molecule has 0 saturated carbocycles. The first kappa shape index (κ1) is 14.7. The Bertz CT molecular complexity index is 488. The van der Waals surface area contributed by atoms with Gasteiger partial charge in [-0.2, -0.15) is 0 Å². The van der Waals surface area contributed by atoms with Gasteiger partial charge in [-0.05, 0) is 25.5 Å². The maximum Gasteiger partial charge on any atom is 0.217 e. The van der Waals surface area contributed by atoms with Crippen molar-refractivity contribution in [3.8, 4) is 5.75 Å². The number of carbonyl (C=O) groups is 1. The summed E-state index contributed by atoms with van der Waals surface area (Å²) in [6.07, 6.45) is 0.954. The summed E-state index contributed by atoms with van der Waals surface area (Å²) in [4.78, 5) is 13.4. The SMILES string of the molecule is COc1cccc(N2CCC(NC(C)=O)C2)c1C(C)N. The molecule has 0 radical (unpaired) electrons. The van der Waals surface area contributed by atoms with Crippen LogP contribution >= 0.6 is 0 Å². The minimum absolute atomic E-state index is 0.0231. The molecule has 5 nitrogen and oxygen atoms in total. The smallest absolute Gasteiger partial charge is 0.217 e. The molecular weight excluding hydrogens is 254 g/mol. The topological polar surface area (TPSA) is 67.6 Å². The van der Waals surface area contributed by atoms with Crippen LogP contribution in [0.4, 0.5) is 5.69 Å². The summed E-state index contributed by atoms with van der Waals surface area (Å²) >= 11 is 0. The molecule has 1 aliphatic heterocycles. The fraction of sp³-hybridized carbons (Fsp3) is 0.533. The number of nitrogens with two attached hydrogens (primary N) is 1. The lowest BCUT2D eigenvalue weighted by Gasteiger charge is -2.25. The van der Waals surface area contributed by atoms with E-state index in [4.69, 9.17) is 10.5 Å². The van der Waals surface area contributed by atoms with Crippen LogP contribution in [0.3, 0.4) is 0 Å². The highest BCUT2D eigenvalue weighted by molar-refractivity contribution is 5.73. The normalized spacial score (nSPS) is 19.8. The van der Waals surface area contributed by atoms with Gasteiger partial charge in [0.15, 0.2) is 0 Å². The standard InChI is InChI=1S/C15H23N3O2/c1-10(16)15-13(5-4-6-14(15)20-3)18-8-7-12(9-18)17-11(2)19/h4-6,10,12H,7-9,16H2,1-3H3,(H,17,19). The van der Waals surface area contributed by atoms with Gasteiger partial charge in [0.2, 0.25) is 5.91 Å². The van der Waals surface area contributed by atoms with E-state index >= 15 is 0 Å². The molecule has 0 bridgehead atoms. The molecule has 1 aliphatic rings. The third kappa shape index (κ3) is 3.04. The summed E-state index contributed by atoms with van der Waals surface area (Å²) < 4.78 is 5.42. The maximum absolute atomic E-state index is 11.1. The summed E-state index contributed by atoms with van der Waals surface area (Å²) in [7, 11) is 1.66. The highest BCUT2D eigenvalue weighted by Gasteiger charge is 2.26. The predicted octanol–water partition coefficient (Wildman–Crippen LogP) is 1.43. The van der Waals surface area contributed by atoms with Crippen molar-refractivity contribution in [3.05, 3.63) is 23.8 Å². The van der Waals surface area contributed by atoms with Gasteiger partial charge in [-0.1, -0.05) is 6.07 Å². The quantitative estimate of drug-likeness (QED) is 0.873. The molecule has 1 heterocycles. The van der Waals surface area contributed by atoms with Crippen LogP contribution in [0.15, 0.2) is 18.2 Å². The minimum Gasteiger partial charge on any atom is -0.496 e. The van der Waals surface area contributed by atoms with Crippen molar-refractivity contribution in [3.63, 3.8) is 0 Å². The second-order valence-electron chi connectivity index (χ2n) is 5.31. The molecule has 1 aromatic rings. The molecule has 2 unspecified atom stereocenters. The molecule has 20 heavy (non-hydrogen) atoms. The average molecular weight is 277 g/mol. The van der Waals surface area contributed by atoms with Crippen LogP contribution in [0.5, 0.6) is 5.75 Å². The Morgan fingerprint density at radius 3 is 2.90 bits per heavy atom. The molecular formula is C15H23N3O2. The van der Waals surface area contributed by atoms with Gasteiger partial charge in [-0.3, -0.25) is 4.79 Å². The highest BCUT2D eigenvalue weighted by Crippen LogP contribution is 2.35. The molecule has 0 aromatic heterocycles. The molecule has 2 rings (SSSR count). The Kier molecular flexibility index (Phi) is 4.49. The number of hydrogen-bond acceptors (Lipinski definition) is 4. The number of methoxy groups -OCH3 is 1. The summed E-state index contributed by atoms with van der Waals surface area (Å²) in [6.45, 7) is 5.24. The minimum atomic E-state index is -0.0963. The summed E-state index contributed by atoms with van der Waals surface area (Å²) in [5, 5.41) is 2.98. The average Bonchev–Trinajstić information content (AvgIpc) is 2.85. The lowest BCUT2D eigenvalue weighted by Crippen LogP contribution is -2.35. The van der Waals surface area contributed by atoms with E-state index in [1.807, 2.05) is 19.1 Å². The Labute approximate surface area is 120 Å². The van der Waals surface area contributed by atoms with Crippen LogP contribution in [0.1, 0.15) is 31.9 Å². The summed E-state index contributed by atoms with van der Waals surface area (Å²) in [5.74, 6) is 0.843. The second-order valence-corrected chi connectivity index (χ2v) is 5.31. The van der Waals surface area contributed by atoms with Crippen LogP contribution in [0, 0.1) is 0 Å². The van der Waals surface area contributed by atoms with E-state index in [1.54, 1.807) is 14.0 Å². The van der Waals surface area contributed by atoms with E-state index < -0.39 is 0 Å². The van der Waals surface area contributed by atoms with E-state index in [-0.39, 0.29) is 18.0 Å². The zero-order chi connectivity index (χ0) is 14.7. The fourth-order valence-electron chi connectivity index (χ4n) is 2.83. The Hall–Kier alpha value is -1.75. The highest BCUT2D eigenvalue weighted by atomic mass is 16.5. The first-order chi connectivity index (χ1) is 9.52. The van der Waals surface area contributed by atoms with Gasteiger partial charge in [0, 0.05) is 43.3 Å². The number of amides is 1. The van der Waals surface area contributed by atoms with E-state index in [1.165, 1.54) is 0 Å². The molecule has 1 fully saturated rings. The van der Waals surface area contributed by atoms with Crippen molar-refractivity contribution < 1.29 is 9.53 Å². The third-order valence-corrected chi connectivity index (χ3v) is 3.65. The zero-order valence-electron chi connectivity index (χ0n) is 12.3. The number of anilines is 1. The monoisotopic (exact) mass is 277 g/mol. The molecule has 5 heteroatoms. The number of nitrogens with one attached hydrogen (secondary N) is 1. The van der Waals surface area contributed by atoms with Crippen molar-refractivity contribution in [2.75, 3.05) is 25.1 Å². The summed E-state index contributed by atoms with van der Waals surface area (Å²) in [5.41, 5.74) is 8.23. The first-order valence-electron chi connectivity index (χ1n) is 6.97. The molecule has 1 saturated heterocycles. The van der Waals surface area contributed by atoms with Gasteiger partial charge in [0.05, 0.1) is 7.11 Å². The van der Waals surface area contributed by atoms with Gasteiger partial charge in [-0.15, -0.1) is 0 Å². The number of nitrogens with zero attached hydrogens (tertiary/aromatic N) is 1. The van der Waals surface area contributed by atoms with E-state index in [0.29, 0.717) is 0 Å². The predicted molar refractivity (Wildman–Crippen MR) is 80.0 cm³/mol. The number of carbonyl (C=O) groups excluding carboxylic acids is 1. The molecule has 1 amide bonds. The van der Waals surface area contributed by atoms with Gasteiger partial charge in [-0.25, -0.2) is 0 Å². The summed E-state index contributed by atoms with van der Waals surface area (Å²) in [6, 6.07) is 6.09. The largest absolute Gasteiger partial charge is 0.496 e. The number of rotatable bonds is 4. The lowest BCUT2D eigenvalue weighted by molar-refractivity contribution is -0.119. The number of hydrogen-bond donors (Lipinski definition) is 2. The van der Waals surface area contributed by atoms with Crippen molar-refractivity contribution in [2.45, 2.75) is 32.4 Å². The van der Waals surface area contributed by atoms with Gasteiger partial charge in [0.25, 0.3) is 0 Å². The second kappa shape index (κ2) is 6.13. The maximum atomic E-state index is 11.1. The van der Waals surface area contributed by atoms with Crippen LogP contribution in [0.25, 0.3) is 0 Å². The Morgan fingerprint density at radius 2 is 2.30 bits per heavy atom. The molecule has 110 valence electrons. The van der Waals surface area contributed by atoms with Crippen molar-refractivity contribution >= 4 is 11.6 Å². The van der Waals surface area contributed by atoms with Crippen LogP contribution in [0.2, 0.25) is 0 Å². The third-order valence-electron chi connectivity index (χ3n) is 3.65. The molecule has 0 aliphatic carbocycles. The fourth-order valence-corrected chi connectivity index (χ4v) is 2.83. The molecule has 1 aromatic carbocycles. The number of benzene rings is 1. The van der Waals surface area contributed by atoms with E-state index in [2.05, 4.69) is 16.3 Å². The van der Waals surface area contributed by atoms with Crippen LogP contribution < -0.4 is 20.7 Å². The molecule has 3 N–H and O–H groups in total. The molecule has 0 spiro atoms. The van der Waals surface area contributed by atoms with Gasteiger partial charge < -0.3 is 20.7 Å². The Morgan fingerprint density at radius 1 is 1.55 bits per heavy atom. The lowest BCUT2D eigenvalue weighted by atomic mass is 10.0. The van der Waals surface area contributed by atoms with Gasteiger partial charge >= 0.3 is 0 Å². The first-order valence-corrected chi connectivity index (χ1v) is 6.97. The van der Waals surface area contributed by atoms with Gasteiger partial charge in [0.1, 0.15) is 5.75 Å². The van der Waals surface area contributed by atoms with Crippen molar-refractivity contribution in [2.24, 2.45) is 5.73 Å². The Balaban J connectivity index is 2.23. The van der Waals surface area contributed by atoms with Crippen molar-refractivity contribution in [1.82, 2.24) is 5.32 Å². The molecule has 2 atom stereocenters. The zero-order valence-corrected chi connectivity index (χ0v) is 12.3. The van der Waals surface area contributed by atoms with E-state index in [0.717, 1.165) is 36.5 Å². The van der Waals surface area contributed by atoms with Crippen LogP contribution in [-0.2, 0) is 4.79 Å².